The number of carboxylic acids is 1. The molecule has 6 heterocycles. The van der Waals surface area contributed by atoms with E-state index in [0.717, 1.165) is 27.9 Å². The van der Waals surface area contributed by atoms with Crippen LogP contribution in [-0.2, 0) is 30.8 Å². The lowest BCUT2D eigenvalue weighted by molar-refractivity contribution is -0.671. The molecule has 0 radical (unpaired) electrons. The molecule has 1 saturated heterocycles. The lowest BCUT2D eigenvalue weighted by atomic mass is 10.0. The zero-order chi connectivity index (χ0) is 34.4. The molecule has 0 spiro atoms. The van der Waals surface area contributed by atoms with Crippen LogP contribution >= 0.6 is 54.1 Å². The number of carboxylic acid groups (broad SMARTS) is 1. The molecule has 0 aliphatic carbocycles. The summed E-state index contributed by atoms with van der Waals surface area (Å²) in [4.78, 5) is 77.9. The van der Waals surface area contributed by atoms with Gasteiger partial charge in [-0.2, -0.15) is 9.36 Å². The molecule has 1 fully saturated rings. The minimum atomic E-state index is -4.68. The summed E-state index contributed by atoms with van der Waals surface area (Å²) in [6, 6.07) is 2.72. The molecule has 0 saturated carbocycles. The highest BCUT2D eigenvalue weighted by molar-refractivity contribution is 8.07. The van der Waals surface area contributed by atoms with E-state index in [0.29, 0.717) is 20.8 Å². The fourth-order valence-corrected chi connectivity index (χ4v) is 8.81. The monoisotopic (exact) mass is 752 g/mol. The number of amides is 2. The van der Waals surface area contributed by atoms with Gasteiger partial charge in [0.2, 0.25) is 16.7 Å². The van der Waals surface area contributed by atoms with Crippen LogP contribution in [0.3, 0.4) is 0 Å². The van der Waals surface area contributed by atoms with Gasteiger partial charge in [0.05, 0.1) is 23.7 Å². The van der Waals surface area contributed by atoms with Gasteiger partial charge in [0.1, 0.15) is 25.1 Å². The fraction of sp³-hybridized carbons (Fsp3) is 0.240. The summed E-state index contributed by atoms with van der Waals surface area (Å²) in [5.74, 6) is -3.19. The Morgan fingerprint density at radius 2 is 2.08 bits per heavy atom. The Morgan fingerprint density at radius 1 is 1.31 bits per heavy atom. The minimum absolute atomic E-state index is 0.0774. The number of aromatic amines is 1. The van der Waals surface area contributed by atoms with Gasteiger partial charge in [0.25, 0.3) is 11.8 Å². The maximum atomic E-state index is 13.1. The van der Waals surface area contributed by atoms with Crippen molar-refractivity contribution in [2.24, 2.45) is 12.2 Å². The second-order valence-electron chi connectivity index (χ2n) is 9.47. The van der Waals surface area contributed by atoms with E-state index in [9.17, 15) is 24.1 Å². The molecular weight excluding hydrogens is 728 g/mol. The molecule has 48 heavy (non-hydrogen) atoms. The summed E-state index contributed by atoms with van der Waals surface area (Å²) >= 11 is 4.31. The van der Waals surface area contributed by atoms with Gasteiger partial charge in [-0.3, -0.25) is 19.6 Å². The number of nitrogens with one attached hydrogen (secondary N) is 3. The molecule has 2 aliphatic heterocycles. The average molecular weight is 753 g/mol. The number of H-pyrrole nitrogens is 1. The molecule has 4 aromatic heterocycles. The summed E-state index contributed by atoms with van der Waals surface area (Å²) in [5.41, 5.74) is 0.906. The third-order valence-corrected chi connectivity index (χ3v) is 10.9. The maximum absolute atomic E-state index is 13.1. The molecule has 4 aromatic rings. The Labute approximate surface area is 288 Å². The second-order valence-corrected chi connectivity index (χ2v) is 14.8. The molecule has 2 aliphatic rings. The standard InChI is InChI=1S/C22H21N8O8PS4.C3H4N2/c1-3-38-26-13(16-25-21(43-28-16)27-39(35,36)37)17(31)24-14-18(32)30-15(20(33)34)12(9-40-19(14)30)42-22-23-11(8-41-22)10-4-6-29(2)7-5-10;1-2-5-3-4-1/h4-8,14,19H,3,9H2,1-2H3,(H4-,24,25,27,28,31,33,34,35,36,37);1-3H,(H,4,5)/b26-13-;/t14-,19-;/m1./s1. The van der Waals surface area contributed by atoms with Gasteiger partial charge < -0.3 is 34.8 Å². The summed E-state index contributed by atoms with van der Waals surface area (Å²) in [5, 5.41) is 21.1. The van der Waals surface area contributed by atoms with E-state index in [1.165, 1.54) is 23.1 Å². The summed E-state index contributed by atoms with van der Waals surface area (Å²) < 4.78 is 17.6. The lowest BCUT2D eigenvalue weighted by Crippen LogP contribution is -2.71. The Hall–Kier alpha value is -4.18. The number of oxime groups is 1. The SMILES string of the molecule is CCO/N=C(\C(=O)N[C@@H]1C(=O)N2C(C(=O)[O-])=C(Sc3nc(-c4cc[n+](C)cc4)cs3)CS[C@H]12)c1nsc(NP(=O)(O)O)n1.c1c[nH]cn1. The Bertz CT molecular complexity index is 1880. The normalized spacial score (nSPS) is 17.5. The predicted octanol–water partition coefficient (Wildman–Crippen LogP) is 0.295. The highest BCUT2D eigenvalue weighted by atomic mass is 32.2. The molecule has 23 heteroatoms. The number of carbonyl (C=O) groups excluding carboxylic acids is 3. The number of carbonyl (C=O) groups is 3. The zero-order valence-electron chi connectivity index (χ0n) is 24.7. The molecule has 2 atom stereocenters. The van der Waals surface area contributed by atoms with Crippen molar-refractivity contribution in [3.8, 4) is 11.3 Å². The summed E-state index contributed by atoms with van der Waals surface area (Å²) in [6.45, 7) is 1.69. The van der Waals surface area contributed by atoms with Crippen LogP contribution in [0.4, 0.5) is 5.13 Å². The number of thioether (sulfide) groups is 2. The number of aryl methyl sites for hydroxylation is 1. The van der Waals surface area contributed by atoms with Crippen LogP contribution in [-0.4, -0.2) is 86.3 Å². The predicted molar refractivity (Wildman–Crippen MR) is 174 cm³/mol. The zero-order valence-corrected chi connectivity index (χ0v) is 28.9. The number of aliphatic carboxylic acids is 1. The van der Waals surface area contributed by atoms with E-state index in [2.05, 4.69) is 34.8 Å². The van der Waals surface area contributed by atoms with Crippen molar-refractivity contribution in [1.29, 1.82) is 0 Å². The van der Waals surface area contributed by atoms with Crippen molar-refractivity contribution in [3.05, 3.63) is 65.1 Å². The van der Waals surface area contributed by atoms with E-state index < -0.39 is 42.7 Å². The fourth-order valence-electron chi connectivity index (χ4n) is 4.10. The number of anilines is 1. The molecule has 0 aromatic carbocycles. The van der Waals surface area contributed by atoms with Crippen LogP contribution in [0.5, 0.6) is 0 Å². The average Bonchev–Trinajstić information content (AvgIpc) is 3.84. The number of imidazole rings is 1. The van der Waals surface area contributed by atoms with Crippen molar-refractivity contribution >= 4 is 82.8 Å². The van der Waals surface area contributed by atoms with Gasteiger partial charge in [0.15, 0.2) is 16.7 Å². The first kappa shape index (κ1) is 35.1. The second kappa shape index (κ2) is 15.4. The van der Waals surface area contributed by atoms with Gasteiger partial charge in [-0.05, 0) is 6.92 Å². The summed E-state index contributed by atoms with van der Waals surface area (Å²) in [7, 11) is -2.78. The molecule has 2 amide bonds. The van der Waals surface area contributed by atoms with E-state index in [-0.39, 0.29) is 29.0 Å². The van der Waals surface area contributed by atoms with Crippen LogP contribution in [0, 0.1) is 0 Å². The maximum Gasteiger partial charge on any atom is 0.429 e. The number of fused-ring (bicyclic) bond motifs is 1. The number of aromatic nitrogens is 6. The van der Waals surface area contributed by atoms with Gasteiger partial charge >= 0.3 is 7.75 Å². The van der Waals surface area contributed by atoms with Gasteiger partial charge in [-0.1, -0.05) is 16.9 Å². The molecule has 0 bridgehead atoms. The van der Waals surface area contributed by atoms with Crippen LogP contribution in [0.2, 0.25) is 0 Å². The Kier molecular flexibility index (Phi) is 11.2. The van der Waals surface area contributed by atoms with E-state index in [1.54, 1.807) is 25.6 Å². The highest BCUT2D eigenvalue weighted by Gasteiger charge is 2.53. The van der Waals surface area contributed by atoms with E-state index in [1.807, 2.05) is 46.6 Å². The van der Waals surface area contributed by atoms with Crippen LogP contribution in [0.15, 0.2) is 68.7 Å². The first-order valence-corrected chi connectivity index (χ1v) is 18.7. The van der Waals surface area contributed by atoms with E-state index in [4.69, 9.17) is 14.6 Å². The van der Waals surface area contributed by atoms with Crippen molar-refractivity contribution < 1.29 is 43.2 Å². The first-order chi connectivity index (χ1) is 22.9. The number of nitrogens with zero attached hydrogens (tertiary/aromatic N) is 7. The third-order valence-electron chi connectivity index (χ3n) is 6.17. The quantitative estimate of drug-likeness (QED) is 0.0454. The van der Waals surface area contributed by atoms with Crippen LogP contribution in [0.25, 0.3) is 11.3 Å². The number of pyridine rings is 1. The Morgan fingerprint density at radius 3 is 2.71 bits per heavy atom. The molecule has 18 nitrogen and oxygen atoms in total. The van der Waals surface area contributed by atoms with Crippen LogP contribution < -0.4 is 20.1 Å². The third kappa shape index (κ3) is 8.45. The minimum Gasteiger partial charge on any atom is -0.543 e. The van der Waals surface area contributed by atoms with Crippen molar-refractivity contribution in [3.63, 3.8) is 0 Å². The smallest absolute Gasteiger partial charge is 0.429 e. The first-order valence-electron chi connectivity index (χ1n) is 13.5. The van der Waals surface area contributed by atoms with Gasteiger partial charge in [-0.25, -0.2) is 19.1 Å². The van der Waals surface area contributed by atoms with Gasteiger partial charge in [0, 0.05) is 57.7 Å². The number of β-lactam (4-membered cyclic amide) rings is 1. The number of hydrogen-bond acceptors (Lipinski definition) is 15. The molecule has 252 valence electrons. The van der Waals surface area contributed by atoms with Crippen LogP contribution in [0.1, 0.15) is 12.7 Å². The molecule has 5 N–H and O–H groups in total. The molecular formula is C25H25N10O8PS4. The van der Waals surface area contributed by atoms with Crippen molar-refractivity contribution in [2.75, 3.05) is 17.4 Å². The lowest BCUT2D eigenvalue weighted by Gasteiger charge is -2.50. The Balaban J connectivity index is 0.000000825. The highest BCUT2D eigenvalue weighted by Crippen LogP contribution is 2.45. The molecule has 0 unspecified atom stereocenters. The number of thiazole rings is 1. The topological polar surface area (TPSA) is 252 Å². The molecule has 6 rings (SSSR count). The van der Waals surface area contributed by atoms with E-state index >= 15 is 0 Å². The van der Waals surface area contributed by atoms with Crippen molar-refractivity contribution in [2.45, 2.75) is 22.7 Å². The number of hydrogen-bond donors (Lipinski definition) is 5. The summed E-state index contributed by atoms with van der Waals surface area (Å²) in [6.07, 6.45) is 8.86. The number of rotatable bonds is 11. The van der Waals surface area contributed by atoms with Gasteiger partial charge in [-0.15, -0.1) is 23.1 Å². The van der Waals surface area contributed by atoms with Crippen molar-refractivity contribution in [1.82, 2.24) is 34.5 Å². The largest absolute Gasteiger partial charge is 0.543 e.